The van der Waals surface area contributed by atoms with Crippen LogP contribution in [0, 0.1) is 0 Å². The molecule has 0 aliphatic heterocycles. The maximum Gasteiger partial charge on any atom is 0.242 e. The Kier molecular flexibility index (Phi) is 7.08. The summed E-state index contributed by atoms with van der Waals surface area (Å²) in [6.45, 7) is 5.36. The number of rotatable bonds is 7. The molecule has 2 atom stereocenters. The summed E-state index contributed by atoms with van der Waals surface area (Å²) in [5, 5.41) is 8.03. The highest BCUT2D eigenvalue weighted by atomic mass is 16.2. The van der Waals surface area contributed by atoms with Crippen LogP contribution in [0.4, 0.5) is 0 Å². The van der Waals surface area contributed by atoms with Gasteiger partial charge >= 0.3 is 0 Å². The summed E-state index contributed by atoms with van der Waals surface area (Å²) in [5.74, 6) is -0.730. The largest absolute Gasteiger partial charge is 0.355 e. The van der Waals surface area contributed by atoms with E-state index in [1.165, 1.54) is 6.92 Å². The van der Waals surface area contributed by atoms with Crippen LogP contribution in [0.3, 0.4) is 0 Å². The number of carbonyl (C=O) groups excluding carboxylic acids is 3. The van der Waals surface area contributed by atoms with Gasteiger partial charge in [0.25, 0.3) is 0 Å². The van der Waals surface area contributed by atoms with E-state index in [4.69, 9.17) is 0 Å². The summed E-state index contributed by atoms with van der Waals surface area (Å²) in [5.41, 5.74) is 0.846. The van der Waals surface area contributed by atoms with Crippen molar-refractivity contribution in [2.75, 3.05) is 6.54 Å². The molecule has 0 aromatic heterocycles. The molecule has 1 aromatic rings. The average Bonchev–Trinajstić information content (AvgIpc) is 2.47. The van der Waals surface area contributed by atoms with Crippen molar-refractivity contribution in [2.45, 2.75) is 39.3 Å². The smallest absolute Gasteiger partial charge is 0.242 e. The van der Waals surface area contributed by atoms with Crippen molar-refractivity contribution >= 4 is 17.7 Å². The lowest BCUT2D eigenvalue weighted by atomic mass is 10.0. The summed E-state index contributed by atoms with van der Waals surface area (Å²) in [6.07, 6.45) is 0.0767. The molecular formula is C16H23N3O3. The monoisotopic (exact) mass is 305 g/mol. The molecule has 0 heterocycles. The molecule has 0 fully saturated rings. The zero-order valence-corrected chi connectivity index (χ0v) is 13.2. The lowest BCUT2D eigenvalue weighted by Crippen LogP contribution is -2.45. The van der Waals surface area contributed by atoms with Crippen molar-refractivity contribution in [1.82, 2.24) is 16.0 Å². The van der Waals surface area contributed by atoms with Gasteiger partial charge in [-0.2, -0.15) is 0 Å². The number of benzene rings is 1. The van der Waals surface area contributed by atoms with E-state index in [0.717, 1.165) is 5.56 Å². The topological polar surface area (TPSA) is 87.3 Å². The first-order valence-corrected chi connectivity index (χ1v) is 7.33. The van der Waals surface area contributed by atoms with Gasteiger partial charge in [0.2, 0.25) is 17.7 Å². The second-order valence-corrected chi connectivity index (χ2v) is 5.05. The maximum absolute atomic E-state index is 12.1. The van der Waals surface area contributed by atoms with Gasteiger partial charge < -0.3 is 16.0 Å². The van der Waals surface area contributed by atoms with E-state index in [1.807, 2.05) is 37.3 Å². The van der Waals surface area contributed by atoms with E-state index in [1.54, 1.807) is 6.92 Å². The Hall–Kier alpha value is -2.37. The number of amides is 3. The van der Waals surface area contributed by atoms with Crippen LogP contribution in [-0.2, 0) is 14.4 Å². The van der Waals surface area contributed by atoms with Crippen molar-refractivity contribution in [3.8, 4) is 0 Å². The third kappa shape index (κ3) is 5.95. The standard InChI is InChI=1S/C16H23N3O3/c1-4-17-16(22)11(2)18-15(21)10-14(19-12(3)20)13-8-6-5-7-9-13/h5-9,11,14H,4,10H2,1-3H3,(H,17,22)(H,18,21)(H,19,20)/t11-,14+/m0/s1. The number of hydrogen-bond donors (Lipinski definition) is 3. The summed E-state index contributed by atoms with van der Waals surface area (Å²) in [4.78, 5) is 35.0. The van der Waals surface area contributed by atoms with Crippen LogP contribution in [0.5, 0.6) is 0 Å². The van der Waals surface area contributed by atoms with Crippen LogP contribution in [0.2, 0.25) is 0 Å². The van der Waals surface area contributed by atoms with Crippen molar-refractivity contribution in [3.63, 3.8) is 0 Å². The van der Waals surface area contributed by atoms with Gasteiger partial charge in [-0.3, -0.25) is 14.4 Å². The zero-order valence-electron chi connectivity index (χ0n) is 13.2. The second-order valence-electron chi connectivity index (χ2n) is 5.05. The lowest BCUT2D eigenvalue weighted by molar-refractivity contribution is -0.129. The summed E-state index contributed by atoms with van der Waals surface area (Å²) >= 11 is 0. The van der Waals surface area contributed by atoms with E-state index < -0.39 is 12.1 Å². The predicted octanol–water partition coefficient (Wildman–Crippen LogP) is 0.895. The molecule has 0 bridgehead atoms. The van der Waals surface area contributed by atoms with Gasteiger partial charge in [-0.1, -0.05) is 30.3 Å². The molecule has 3 N–H and O–H groups in total. The Labute approximate surface area is 130 Å². The molecule has 6 nitrogen and oxygen atoms in total. The molecule has 22 heavy (non-hydrogen) atoms. The minimum atomic E-state index is -0.610. The Morgan fingerprint density at radius 3 is 2.27 bits per heavy atom. The highest BCUT2D eigenvalue weighted by Crippen LogP contribution is 2.16. The fraction of sp³-hybridized carbons (Fsp3) is 0.438. The van der Waals surface area contributed by atoms with Gasteiger partial charge in [0.1, 0.15) is 6.04 Å². The molecule has 0 spiro atoms. The fourth-order valence-electron chi connectivity index (χ4n) is 2.06. The zero-order chi connectivity index (χ0) is 16.5. The van der Waals surface area contributed by atoms with Crippen molar-refractivity contribution < 1.29 is 14.4 Å². The van der Waals surface area contributed by atoms with E-state index >= 15 is 0 Å². The molecule has 1 aromatic carbocycles. The van der Waals surface area contributed by atoms with Crippen LogP contribution < -0.4 is 16.0 Å². The Morgan fingerprint density at radius 2 is 1.73 bits per heavy atom. The maximum atomic E-state index is 12.1. The molecule has 0 unspecified atom stereocenters. The molecule has 0 radical (unpaired) electrons. The first kappa shape index (κ1) is 17.7. The molecule has 1 rings (SSSR count). The number of likely N-dealkylation sites (N-methyl/N-ethyl adjacent to an activating group) is 1. The van der Waals surface area contributed by atoms with Gasteiger partial charge in [0.15, 0.2) is 0 Å². The van der Waals surface area contributed by atoms with E-state index in [9.17, 15) is 14.4 Å². The van der Waals surface area contributed by atoms with Gasteiger partial charge in [-0.25, -0.2) is 0 Å². The minimum Gasteiger partial charge on any atom is -0.355 e. The first-order valence-electron chi connectivity index (χ1n) is 7.33. The molecule has 6 heteroatoms. The molecule has 0 saturated carbocycles. The third-order valence-corrected chi connectivity index (χ3v) is 3.09. The summed E-state index contributed by atoms with van der Waals surface area (Å²) in [7, 11) is 0. The summed E-state index contributed by atoms with van der Waals surface area (Å²) < 4.78 is 0. The Morgan fingerprint density at radius 1 is 1.09 bits per heavy atom. The number of hydrogen-bond acceptors (Lipinski definition) is 3. The predicted molar refractivity (Wildman–Crippen MR) is 83.9 cm³/mol. The normalized spacial score (nSPS) is 12.9. The van der Waals surface area contributed by atoms with Crippen LogP contribution in [-0.4, -0.2) is 30.3 Å². The number of carbonyl (C=O) groups is 3. The second kappa shape index (κ2) is 8.81. The quantitative estimate of drug-likeness (QED) is 0.699. The van der Waals surface area contributed by atoms with Gasteiger partial charge in [0, 0.05) is 13.5 Å². The van der Waals surface area contributed by atoms with Crippen molar-refractivity contribution in [3.05, 3.63) is 35.9 Å². The highest BCUT2D eigenvalue weighted by molar-refractivity contribution is 5.87. The molecule has 0 saturated heterocycles. The lowest BCUT2D eigenvalue weighted by Gasteiger charge is -2.19. The van der Waals surface area contributed by atoms with Gasteiger partial charge in [-0.05, 0) is 19.4 Å². The first-order chi connectivity index (χ1) is 10.4. The Balaban J connectivity index is 2.67. The van der Waals surface area contributed by atoms with Crippen LogP contribution in [0.1, 0.15) is 38.8 Å². The van der Waals surface area contributed by atoms with E-state index in [0.29, 0.717) is 6.54 Å². The number of nitrogens with one attached hydrogen (secondary N) is 3. The molecule has 120 valence electrons. The van der Waals surface area contributed by atoms with Gasteiger partial charge in [0.05, 0.1) is 12.5 Å². The molecular weight excluding hydrogens is 282 g/mol. The van der Waals surface area contributed by atoms with Crippen LogP contribution in [0.25, 0.3) is 0 Å². The van der Waals surface area contributed by atoms with Crippen molar-refractivity contribution in [1.29, 1.82) is 0 Å². The molecule has 0 aliphatic rings. The van der Waals surface area contributed by atoms with Crippen molar-refractivity contribution in [2.24, 2.45) is 0 Å². The summed E-state index contributed by atoms with van der Waals surface area (Å²) in [6, 6.07) is 8.23. The van der Waals surface area contributed by atoms with E-state index in [-0.39, 0.29) is 24.1 Å². The third-order valence-electron chi connectivity index (χ3n) is 3.09. The fourth-order valence-corrected chi connectivity index (χ4v) is 2.06. The van der Waals surface area contributed by atoms with Crippen LogP contribution >= 0.6 is 0 Å². The van der Waals surface area contributed by atoms with Gasteiger partial charge in [-0.15, -0.1) is 0 Å². The molecule has 0 aliphatic carbocycles. The Bertz CT molecular complexity index is 517. The molecule has 3 amide bonds. The SMILES string of the molecule is CCNC(=O)[C@H](C)NC(=O)C[C@@H](NC(C)=O)c1ccccc1. The minimum absolute atomic E-state index is 0.0767. The van der Waals surface area contributed by atoms with E-state index in [2.05, 4.69) is 16.0 Å². The van der Waals surface area contributed by atoms with Crippen LogP contribution in [0.15, 0.2) is 30.3 Å². The highest BCUT2D eigenvalue weighted by Gasteiger charge is 2.20. The average molecular weight is 305 g/mol.